The number of aliphatic hydroxyl groups is 1. The maximum atomic E-state index is 12.6. The van der Waals surface area contributed by atoms with Crippen LogP contribution in [-0.2, 0) is 9.53 Å². The molecule has 6 heteroatoms. The summed E-state index contributed by atoms with van der Waals surface area (Å²) in [7, 11) is 0. The lowest BCUT2D eigenvalue weighted by molar-refractivity contribution is -0.117. The Morgan fingerprint density at radius 3 is 2.83 bits per heavy atom. The number of amides is 1. The normalized spacial score (nSPS) is 27.7. The van der Waals surface area contributed by atoms with Crippen LogP contribution in [0.3, 0.4) is 0 Å². The first-order chi connectivity index (χ1) is 10.9. The summed E-state index contributed by atoms with van der Waals surface area (Å²) in [6.45, 7) is 4.36. The third-order valence-electron chi connectivity index (χ3n) is 4.69. The molecule has 0 bridgehead atoms. The second-order valence-corrected chi connectivity index (χ2v) is 7.04. The van der Waals surface area contributed by atoms with E-state index in [1.807, 2.05) is 13.8 Å². The molecule has 1 aromatic carbocycles. The van der Waals surface area contributed by atoms with E-state index in [4.69, 9.17) is 27.9 Å². The van der Waals surface area contributed by atoms with Crippen molar-refractivity contribution in [3.05, 3.63) is 39.1 Å². The predicted molar refractivity (Wildman–Crippen MR) is 90.9 cm³/mol. The Morgan fingerprint density at radius 1 is 1.43 bits per heavy atom. The molecule has 124 valence electrons. The zero-order chi connectivity index (χ0) is 16.8. The average molecular weight is 356 g/mol. The molecule has 2 heterocycles. The minimum atomic E-state index is -0.749. The topological polar surface area (TPSA) is 58.6 Å². The van der Waals surface area contributed by atoms with Crippen molar-refractivity contribution in [1.82, 2.24) is 5.32 Å². The molecule has 2 aliphatic rings. The molecule has 0 aliphatic carbocycles. The molecule has 2 atom stereocenters. The van der Waals surface area contributed by atoms with E-state index < -0.39 is 5.54 Å². The Morgan fingerprint density at radius 2 is 2.17 bits per heavy atom. The number of hydrogen-bond acceptors (Lipinski definition) is 3. The number of carbonyl (C=O) groups is 1. The van der Waals surface area contributed by atoms with Gasteiger partial charge in [-0.15, -0.1) is 0 Å². The van der Waals surface area contributed by atoms with Crippen LogP contribution in [0.4, 0.5) is 0 Å². The summed E-state index contributed by atoms with van der Waals surface area (Å²) >= 11 is 12.3. The highest BCUT2D eigenvalue weighted by Gasteiger charge is 2.49. The van der Waals surface area contributed by atoms with Gasteiger partial charge in [-0.3, -0.25) is 4.79 Å². The Kier molecular flexibility index (Phi) is 4.34. The first-order valence-electron chi connectivity index (χ1n) is 7.72. The number of carbonyl (C=O) groups excluding carboxylic acids is 1. The van der Waals surface area contributed by atoms with Gasteiger partial charge in [0, 0.05) is 30.0 Å². The number of ether oxygens (including phenoxy) is 1. The summed E-state index contributed by atoms with van der Waals surface area (Å²) in [5.41, 5.74) is 0.805. The summed E-state index contributed by atoms with van der Waals surface area (Å²) in [4.78, 5) is 12.6. The standard InChI is InChI=1S/C17H19Cl2NO3/c1-3-11-8-17(4-5-23-11)15(21)14(16(22)20-17)13-9(2)6-10(18)7-12(13)19/h6-7,11,21H,3-5,8H2,1-2H3,(H,20,22). The maximum absolute atomic E-state index is 12.6. The Balaban J connectivity index is 2.10. The molecule has 2 unspecified atom stereocenters. The van der Waals surface area contributed by atoms with Crippen LogP contribution < -0.4 is 5.32 Å². The van der Waals surface area contributed by atoms with E-state index in [-0.39, 0.29) is 23.3 Å². The van der Waals surface area contributed by atoms with Crippen LogP contribution in [0.15, 0.2) is 17.9 Å². The average Bonchev–Trinajstić information content (AvgIpc) is 2.70. The third-order valence-corrected chi connectivity index (χ3v) is 5.20. The molecule has 1 aromatic rings. The van der Waals surface area contributed by atoms with Gasteiger partial charge in [-0.05, 0) is 31.0 Å². The van der Waals surface area contributed by atoms with E-state index in [0.29, 0.717) is 35.1 Å². The first-order valence-corrected chi connectivity index (χ1v) is 8.47. The summed E-state index contributed by atoms with van der Waals surface area (Å²) in [6, 6.07) is 3.32. The van der Waals surface area contributed by atoms with Crippen LogP contribution in [0.5, 0.6) is 0 Å². The van der Waals surface area contributed by atoms with Gasteiger partial charge >= 0.3 is 0 Å². The van der Waals surface area contributed by atoms with Gasteiger partial charge in [0.2, 0.25) is 0 Å². The lowest BCUT2D eigenvalue weighted by Crippen LogP contribution is -2.51. The maximum Gasteiger partial charge on any atom is 0.256 e. The van der Waals surface area contributed by atoms with Crippen LogP contribution in [0, 0.1) is 6.92 Å². The lowest BCUT2D eigenvalue weighted by Gasteiger charge is -2.37. The highest BCUT2D eigenvalue weighted by molar-refractivity contribution is 6.38. The van der Waals surface area contributed by atoms with E-state index >= 15 is 0 Å². The quantitative estimate of drug-likeness (QED) is 0.841. The molecular weight excluding hydrogens is 337 g/mol. The summed E-state index contributed by atoms with van der Waals surface area (Å²) < 4.78 is 5.67. The first kappa shape index (κ1) is 16.6. The Bertz CT molecular complexity index is 678. The molecule has 23 heavy (non-hydrogen) atoms. The zero-order valence-corrected chi connectivity index (χ0v) is 14.6. The van der Waals surface area contributed by atoms with Crippen molar-refractivity contribution in [1.29, 1.82) is 0 Å². The van der Waals surface area contributed by atoms with Gasteiger partial charge in [0.25, 0.3) is 5.91 Å². The van der Waals surface area contributed by atoms with E-state index in [9.17, 15) is 9.90 Å². The number of aliphatic hydroxyl groups excluding tert-OH is 1. The zero-order valence-electron chi connectivity index (χ0n) is 13.1. The summed E-state index contributed by atoms with van der Waals surface area (Å²) in [6.07, 6.45) is 1.97. The van der Waals surface area contributed by atoms with E-state index in [1.54, 1.807) is 12.1 Å². The van der Waals surface area contributed by atoms with Gasteiger partial charge in [0.15, 0.2) is 0 Å². The Hall–Kier alpha value is -1.23. The van der Waals surface area contributed by atoms with Gasteiger partial charge in [-0.2, -0.15) is 0 Å². The third kappa shape index (κ3) is 2.73. The number of hydrogen-bond donors (Lipinski definition) is 2. The molecule has 2 aliphatic heterocycles. The van der Waals surface area contributed by atoms with Gasteiger partial charge in [0.05, 0.1) is 16.7 Å². The van der Waals surface area contributed by atoms with Crippen molar-refractivity contribution in [3.63, 3.8) is 0 Å². The molecule has 2 N–H and O–H groups in total. The van der Waals surface area contributed by atoms with Crippen molar-refractivity contribution in [2.24, 2.45) is 0 Å². The van der Waals surface area contributed by atoms with Crippen LogP contribution in [0.25, 0.3) is 5.57 Å². The number of aryl methyl sites for hydroxylation is 1. The molecule has 4 nitrogen and oxygen atoms in total. The SMILES string of the molecule is CCC1CC2(CCO1)NC(=O)C(c1c(C)cc(Cl)cc1Cl)=C2O. The van der Waals surface area contributed by atoms with Crippen LogP contribution in [0.2, 0.25) is 10.0 Å². The van der Waals surface area contributed by atoms with Gasteiger partial charge < -0.3 is 15.2 Å². The van der Waals surface area contributed by atoms with Crippen LogP contribution in [-0.4, -0.2) is 29.3 Å². The molecule has 1 fully saturated rings. The van der Waals surface area contributed by atoms with Gasteiger partial charge in [-0.25, -0.2) is 0 Å². The lowest BCUT2D eigenvalue weighted by atomic mass is 9.84. The highest BCUT2D eigenvalue weighted by Crippen LogP contribution is 2.43. The second kappa shape index (κ2) is 6.00. The number of halogens is 2. The minimum absolute atomic E-state index is 0.0207. The van der Waals surface area contributed by atoms with Crippen molar-refractivity contribution in [3.8, 4) is 0 Å². The molecule has 1 saturated heterocycles. The molecule has 1 amide bonds. The molecule has 1 spiro atoms. The fraction of sp³-hybridized carbons (Fsp3) is 0.471. The highest BCUT2D eigenvalue weighted by atomic mass is 35.5. The fourth-order valence-corrected chi connectivity index (χ4v) is 4.17. The smallest absolute Gasteiger partial charge is 0.256 e. The summed E-state index contributed by atoms with van der Waals surface area (Å²) in [5, 5.41) is 14.7. The van der Waals surface area contributed by atoms with Crippen molar-refractivity contribution >= 4 is 34.7 Å². The van der Waals surface area contributed by atoms with E-state index in [1.165, 1.54) is 0 Å². The van der Waals surface area contributed by atoms with Crippen LogP contribution in [0.1, 0.15) is 37.3 Å². The van der Waals surface area contributed by atoms with Crippen molar-refractivity contribution < 1.29 is 14.6 Å². The fourth-order valence-electron chi connectivity index (χ4n) is 3.48. The molecule has 0 aromatic heterocycles. The van der Waals surface area contributed by atoms with E-state index in [2.05, 4.69) is 5.32 Å². The number of rotatable bonds is 2. The van der Waals surface area contributed by atoms with E-state index in [0.717, 1.165) is 12.0 Å². The predicted octanol–water partition coefficient (Wildman–Crippen LogP) is 4.03. The molecule has 0 saturated carbocycles. The second-order valence-electron chi connectivity index (χ2n) is 6.19. The molecular formula is C17H19Cl2NO3. The minimum Gasteiger partial charge on any atom is -0.509 e. The number of nitrogens with one attached hydrogen (secondary N) is 1. The van der Waals surface area contributed by atoms with Crippen molar-refractivity contribution in [2.45, 2.75) is 44.8 Å². The molecule has 0 radical (unpaired) electrons. The van der Waals surface area contributed by atoms with Crippen molar-refractivity contribution in [2.75, 3.05) is 6.61 Å². The van der Waals surface area contributed by atoms with Gasteiger partial charge in [-0.1, -0.05) is 30.1 Å². The van der Waals surface area contributed by atoms with Crippen LogP contribution >= 0.6 is 23.2 Å². The largest absolute Gasteiger partial charge is 0.509 e. The monoisotopic (exact) mass is 355 g/mol. The van der Waals surface area contributed by atoms with Gasteiger partial charge in [0.1, 0.15) is 11.3 Å². The summed E-state index contributed by atoms with van der Waals surface area (Å²) in [5.74, 6) is -0.233. The molecule has 3 rings (SSSR count). The Labute approximate surface area is 145 Å². The number of benzene rings is 1.